The van der Waals surface area contributed by atoms with Crippen LogP contribution in [0.15, 0.2) is 46.7 Å². The van der Waals surface area contributed by atoms with Crippen molar-refractivity contribution in [2.45, 2.75) is 32.0 Å². The van der Waals surface area contributed by atoms with Crippen LogP contribution in [0.4, 0.5) is 5.69 Å². The number of carbonyl (C=O) groups excluding carboxylic acids is 1. The lowest BCUT2D eigenvalue weighted by atomic mass is 10.1. The van der Waals surface area contributed by atoms with Gasteiger partial charge in [0, 0.05) is 11.9 Å². The molecule has 0 unspecified atom stereocenters. The summed E-state index contributed by atoms with van der Waals surface area (Å²) in [6.07, 6.45) is 3.75. The average Bonchev–Trinajstić information content (AvgIpc) is 2.65. The molecule has 0 saturated carbocycles. The monoisotopic (exact) mass is 369 g/mol. The van der Waals surface area contributed by atoms with Crippen LogP contribution in [0, 0.1) is 0 Å². The third-order valence-corrected chi connectivity index (χ3v) is 4.53. The maximum absolute atomic E-state index is 12.5. The summed E-state index contributed by atoms with van der Waals surface area (Å²) in [6.45, 7) is 3.95. The maximum Gasteiger partial charge on any atom is 0.264 e. The van der Waals surface area contributed by atoms with Crippen LogP contribution in [0.5, 0.6) is 0 Å². The fourth-order valence-corrected chi connectivity index (χ4v) is 2.96. The van der Waals surface area contributed by atoms with Gasteiger partial charge in [0.1, 0.15) is 18.3 Å². The summed E-state index contributed by atoms with van der Waals surface area (Å²) < 4.78 is 1.26. The summed E-state index contributed by atoms with van der Waals surface area (Å²) in [5.74, 6) is 0.540. The minimum Gasteiger partial charge on any atom is -0.325 e. The van der Waals surface area contributed by atoms with Crippen molar-refractivity contribution in [3.63, 3.8) is 0 Å². The smallest absolute Gasteiger partial charge is 0.264 e. The fraction of sp³-hybridized carbons (Fsp3) is 0.278. The molecule has 1 aromatic carbocycles. The average molecular weight is 369 g/mol. The predicted molar refractivity (Wildman–Crippen MR) is 102 cm³/mol. The van der Waals surface area contributed by atoms with Gasteiger partial charge in [0.25, 0.3) is 5.56 Å². The number of hydrogen-bond donors (Lipinski definition) is 1. The zero-order valence-corrected chi connectivity index (χ0v) is 15.4. The number of hydrogen-bond acceptors (Lipinski definition) is 6. The first kappa shape index (κ1) is 18.1. The third kappa shape index (κ3) is 4.08. The SMILES string of the molecule is CCSc1ncc2c(=O)n(CC(=O)Nc3ccc(CC)cc3)cnc2n1. The molecule has 0 fully saturated rings. The number of rotatable bonds is 6. The molecule has 0 aliphatic heterocycles. The molecule has 0 bridgehead atoms. The predicted octanol–water partition coefficient (Wildman–Crippen LogP) is 2.50. The van der Waals surface area contributed by atoms with Crippen molar-refractivity contribution < 1.29 is 4.79 Å². The van der Waals surface area contributed by atoms with E-state index in [1.807, 2.05) is 31.2 Å². The molecule has 0 aliphatic carbocycles. The van der Waals surface area contributed by atoms with Crippen LogP contribution < -0.4 is 10.9 Å². The minimum atomic E-state index is -0.334. The van der Waals surface area contributed by atoms with E-state index in [1.54, 1.807) is 0 Å². The van der Waals surface area contributed by atoms with Gasteiger partial charge in [-0.25, -0.2) is 15.0 Å². The standard InChI is InChI=1S/C18H19N5O2S/c1-3-12-5-7-13(8-6-12)21-15(24)10-23-11-20-16-14(17(23)25)9-19-18(22-16)26-4-2/h5-9,11H,3-4,10H2,1-2H3,(H,21,24). The number of aromatic nitrogens is 4. The number of fused-ring (bicyclic) bond motifs is 1. The molecule has 3 rings (SSSR count). The highest BCUT2D eigenvalue weighted by Crippen LogP contribution is 2.13. The first-order chi connectivity index (χ1) is 12.6. The molecule has 2 heterocycles. The third-order valence-electron chi connectivity index (χ3n) is 3.79. The lowest BCUT2D eigenvalue weighted by molar-refractivity contribution is -0.116. The van der Waals surface area contributed by atoms with Crippen LogP contribution in [0.25, 0.3) is 11.0 Å². The molecule has 7 nitrogen and oxygen atoms in total. The number of thioether (sulfide) groups is 1. The summed E-state index contributed by atoms with van der Waals surface area (Å²) in [5, 5.41) is 3.66. The van der Waals surface area contributed by atoms with Crippen molar-refractivity contribution in [1.29, 1.82) is 0 Å². The van der Waals surface area contributed by atoms with Crippen molar-refractivity contribution in [3.05, 3.63) is 52.7 Å². The second-order valence-electron chi connectivity index (χ2n) is 5.60. The second-order valence-corrected chi connectivity index (χ2v) is 6.83. The van der Waals surface area contributed by atoms with Crippen LogP contribution in [0.1, 0.15) is 19.4 Å². The normalized spacial score (nSPS) is 10.8. The number of nitrogens with one attached hydrogen (secondary N) is 1. The fourth-order valence-electron chi connectivity index (χ4n) is 2.43. The van der Waals surface area contributed by atoms with Gasteiger partial charge in [-0.1, -0.05) is 37.7 Å². The maximum atomic E-state index is 12.5. The molecule has 8 heteroatoms. The molecule has 26 heavy (non-hydrogen) atoms. The van der Waals surface area contributed by atoms with Crippen molar-refractivity contribution >= 4 is 34.4 Å². The van der Waals surface area contributed by atoms with Gasteiger partial charge in [-0.2, -0.15) is 0 Å². The van der Waals surface area contributed by atoms with Gasteiger partial charge < -0.3 is 5.32 Å². The van der Waals surface area contributed by atoms with E-state index in [-0.39, 0.29) is 18.0 Å². The van der Waals surface area contributed by atoms with Gasteiger partial charge in [-0.3, -0.25) is 14.2 Å². The van der Waals surface area contributed by atoms with Gasteiger partial charge in [0.2, 0.25) is 5.91 Å². The molecule has 0 aliphatic rings. The van der Waals surface area contributed by atoms with Gasteiger partial charge in [-0.05, 0) is 29.9 Å². The Morgan fingerprint density at radius 2 is 1.96 bits per heavy atom. The number of benzene rings is 1. The summed E-state index contributed by atoms with van der Waals surface area (Å²) in [6, 6.07) is 7.61. The molecule has 0 atom stereocenters. The number of amides is 1. The lowest BCUT2D eigenvalue weighted by Crippen LogP contribution is -2.28. The Kier molecular flexibility index (Phi) is 5.62. The quantitative estimate of drug-likeness (QED) is 0.530. The minimum absolute atomic E-state index is 0.122. The molecule has 3 aromatic rings. The second kappa shape index (κ2) is 8.09. The highest BCUT2D eigenvalue weighted by molar-refractivity contribution is 7.99. The molecular weight excluding hydrogens is 350 g/mol. The van der Waals surface area contributed by atoms with Gasteiger partial charge >= 0.3 is 0 Å². The molecule has 0 radical (unpaired) electrons. The Balaban J connectivity index is 1.77. The molecule has 0 spiro atoms. The number of aryl methyl sites for hydroxylation is 1. The summed E-state index contributed by atoms with van der Waals surface area (Å²) in [5.41, 5.74) is 1.89. The molecule has 1 N–H and O–H groups in total. The first-order valence-corrected chi connectivity index (χ1v) is 9.33. The first-order valence-electron chi connectivity index (χ1n) is 8.34. The number of nitrogens with zero attached hydrogens (tertiary/aromatic N) is 4. The van der Waals surface area contributed by atoms with E-state index in [9.17, 15) is 9.59 Å². The van der Waals surface area contributed by atoms with E-state index >= 15 is 0 Å². The van der Waals surface area contributed by atoms with Gasteiger partial charge in [0.05, 0.1) is 0 Å². The van der Waals surface area contributed by atoms with Crippen LogP contribution >= 0.6 is 11.8 Å². The molecule has 134 valence electrons. The van der Waals surface area contributed by atoms with E-state index in [2.05, 4.69) is 27.2 Å². The van der Waals surface area contributed by atoms with Gasteiger partial charge in [-0.15, -0.1) is 0 Å². The van der Waals surface area contributed by atoms with Crippen LogP contribution in [0.3, 0.4) is 0 Å². The zero-order chi connectivity index (χ0) is 18.5. The van der Waals surface area contributed by atoms with Crippen LogP contribution in [0.2, 0.25) is 0 Å². The van der Waals surface area contributed by atoms with Crippen molar-refractivity contribution in [2.24, 2.45) is 0 Å². The lowest BCUT2D eigenvalue weighted by Gasteiger charge is -2.08. The topological polar surface area (TPSA) is 89.8 Å². The molecule has 1 amide bonds. The van der Waals surface area contributed by atoms with E-state index < -0.39 is 0 Å². The Hall–Kier alpha value is -2.74. The summed E-state index contributed by atoms with van der Waals surface area (Å²) in [7, 11) is 0. The number of anilines is 1. The van der Waals surface area contributed by atoms with E-state index in [0.717, 1.165) is 12.2 Å². The largest absolute Gasteiger partial charge is 0.325 e. The molecular formula is C18H19N5O2S. The van der Waals surface area contributed by atoms with E-state index in [0.29, 0.717) is 21.9 Å². The summed E-state index contributed by atoms with van der Waals surface area (Å²) >= 11 is 1.48. The number of carbonyl (C=O) groups is 1. The van der Waals surface area contributed by atoms with Crippen molar-refractivity contribution in [1.82, 2.24) is 19.5 Å². The Morgan fingerprint density at radius 3 is 2.65 bits per heavy atom. The van der Waals surface area contributed by atoms with Crippen LogP contribution in [-0.2, 0) is 17.8 Å². The van der Waals surface area contributed by atoms with Crippen LogP contribution in [-0.4, -0.2) is 31.2 Å². The summed E-state index contributed by atoms with van der Waals surface area (Å²) in [4.78, 5) is 37.4. The van der Waals surface area contributed by atoms with Crippen molar-refractivity contribution in [3.8, 4) is 0 Å². The Labute approximate surface area is 154 Å². The van der Waals surface area contributed by atoms with Gasteiger partial charge in [0.15, 0.2) is 10.8 Å². The molecule has 2 aromatic heterocycles. The Bertz CT molecular complexity index is 985. The molecule has 0 saturated heterocycles. The zero-order valence-electron chi connectivity index (χ0n) is 14.6. The Morgan fingerprint density at radius 1 is 1.19 bits per heavy atom. The highest BCUT2D eigenvalue weighted by Gasteiger charge is 2.10. The highest BCUT2D eigenvalue weighted by atomic mass is 32.2. The van der Waals surface area contributed by atoms with E-state index in [4.69, 9.17) is 0 Å². The van der Waals surface area contributed by atoms with Crippen molar-refractivity contribution in [2.75, 3.05) is 11.1 Å². The van der Waals surface area contributed by atoms with E-state index in [1.165, 1.54) is 34.4 Å².